The Morgan fingerprint density at radius 1 is 1.12 bits per heavy atom. The summed E-state index contributed by atoms with van der Waals surface area (Å²) in [6.45, 7) is 5.98. The van der Waals surface area contributed by atoms with Crippen LogP contribution in [0.4, 0.5) is 0 Å². The minimum atomic E-state index is -0.168. The van der Waals surface area contributed by atoms with E-state index in [4.69, 9.17) is 14.2 Å². The van der Waals surface area contributed by atoms with E-state index in [0.717, 1.165) is 32.5 Å². The van der Waals surface area contributed by atoms with Crippen LogP contribution in [0.1, 0.15) is 35.7 Å². The van der Waals surface area contributed by atoms with E-state index in [1.54, 1.807) is 32.4 Å². The maximum atomic E-state index is 12.6. The van der Waals surface area contributed by atoms with Gasteiger partial charge in [-0.2, -0.15) is 0 Å². The Bertz CT molecular complexity index is 890. The highest BCUT2D eigenvalue weighted by Crippen LogP contribution is 2.28. The van der Waals surface area contributed by atoms with Crippen LogP contribution in [0.5, 0.6) is 11.5 Å². The number of carbonyl (C=O) groups excluding carboxylic acids is 1. The summed E-state index contributed by atoms with van der Waals surface area (Å²) in [6, 6.07) is 15.7. The maximum absolute atomic E-state index is 12.6. The van der Waals surface area contributed by atoms with Crippen molar-refractivity contribution in [1.29, 1.82) is 0 Å². The van der Waals surface area contributed by atoms with Gasteiger partial charge in [0.2, 0.25) is 0 Å². The van der Waals surface area contributed by atoms with E-state index in [-0.39, 0.29) is 12.0 Å². The molecule has 0 aliphatic carbocycles. The average molecular weight is 439 g/mol. The van der Waals surface area contributed by atoms with E-state index in [0.29, 0.717) is 30.2 Å². The van der Waals surface area contributed by atoms with Crippen LogP contribution in [0, 0.1) is 0 Å². The molecule has 3 rings (SSSR count). The summed E-state index contributed by atoms with van der Waals surface area (Å²) in [5.74, 6) is 1.07. The first kappa shape index (κ1) is 23.8. The number of benzene rings is 2. The molecule has 1 saturated heterocycles. The van der Waals surface area contributed by atoms with Crippen molar-refractivity contribution in [3.8, 4) is 11.5 Å². The fourth-order valence-corrected chi connectivity index (χ4v) is 3.87. The Morgan fingerprint density at radius 2 is 1.88 bits per heavy atom. The molecular formula is C26H34N2O4. The molecule has 172 valence electrons. The van der Waals surface area contributed by atoms with Crippen molar-refractivity contribution >= 4 is 12.0 Å². The Morgan fingerprint density at radius 3 is 2.56 bits per heavy atom. The van der Waals surface area contributed by atoms with E-state index < -0.39 is 0 Å². The summed E-state index contributed by atoms with van der Waals surface area (Å²) in [6.07, 6.45) is 4.15. The Kier molecular flexibility index (Phi) is 9.13. The first-order valence-corrected chi connectivity index (χ1v) is 11.2. The fraction of sp³-hybridized carbons (Fsp3) is 0.423. The highest BCUT2D eigenvalue weighted by atomic mass is 16.5. The molecule has 0 atom stereocenters. The molecule has 0 saturated carbocycles. The first-order chi connectivity index (χ1) is 15.6. The standard InChI is InChI=1S/C26H34N2O4/c1-20(17-21-7-5-4-6-8-21)19-28-14-11-22(12-15-28)32-25-18-23(31-3)9-10-24(25)26(29)27-13-16-30-2/h4-10,17-18,22H,11-16,19H2,1-3H3,(H,27,29). The summed E-state index contributed by atoms with van der Waals surface area (Å²) in [7, 11) is 3.22. The van der Waals surface area contributed by atoms with E-state index in [1.807, 2.05) is 6.07 Å². The number of nitrogens with one attached hydrogen (secondary N) is 1. The number of hydrogen-bond acceptors (Lipinski definition) is 5. The van der Waals surface area contributed by atoms with Crippen LogP contribution in [-0.2, 0) is 4.74 Å². The molecule has 1 amide bonds. The normalized spacial score (nSPS) is 15.4. The summed E-state index contributed by atoms with van der Waals surface area (Å²) in [5.41, 5.74) is 3.10. The number of nitrogens with zero attached hydrogens (tertiary/aromatic N) is 1. The van der Waals surface area contributed by atoms with Crippen LogP contribution in [-0.4, -0.2) is 63.9 Å². The number of carbonyl (C=O) groups is 1. The second-order valence-corrected chi connectivity index (χ2v) is 8.11. The third-order valence-electron chi connectivity index (χ3n) is 5.54. The zero-order valence-electron chi connectivity index (χ0n) is 19.3. The van der Waals surface area contributed by atoms with Gasteiger partial charge in [-0.25, -0.2) is 0 Å². The Balaban J connectivity index is 1.57. The van der Waals surface area contributed by atoms with Crippen molar-refractivity contribution in [2.45, 2.75) is 25.9 Å². The number of methoxy groups -OCH3 is 2. The molecule has 1 aliphatic heterocycles. The van der Waals surface area contributed by atoms with Crippen molar-refractivity contribution in [3.63, 3.8) is 0 Å². The molecule has 1 fully saturated rings. The monoisotopic (exact) mass is 438 g/mol. The molecule has 0 spiro atoms. The van der Waals surface area contributed by atoms with Gasteiger partial charge in [-0.3, -0.25) is 9.69 Å². The summed E-state index contributed by atoms with van der Waals surface area (Å²) in [4.78, 5) is 15.1. The van der Waals surface area contributed by atoms with Crippen LogP contribution in [0.25, 0.3) is 6.08 Å². The van der Waals surface area contributed by atoms with E-state index in [1.165, 1.54) is 11.1 Å². The van der Waals surface area contributed by atoms with Gasteiger partial charge in [-0.15, -0.1) is 0 Å². The van der Waals surface area contributed by atoms with Crippen LogP contribution in [0.2, 0.25) is 0 Å². The van der Waals surface area contributed by atoms with Gasteiger partial charge in [0.15, 0.2) is 0 Å². The lowest BCUT2D eigenvalue weighted by atomic mass is 10.1. The topological polar surface area (TPSA) is 60.0 Å². The van der Waals surface area contributed by atoms with Crippen molar-refractivity contribution in [2.75, 3.05) is 47.0 Å². The lowest BCUT2D eigenvalue weighted by Gasteiger charge is -2.32. The molecule has 1 N–H and O–H groups in total. The van der Waals surface area contributed by atoms with E-state index in [9.17, 15) is 4.79 Å². The van der Waals surface area contributed by atoms with Gasteiger partial charge in [0.1, 0.15) is 17.6 Å². The van der Waals surface area contributed by atoms with Crippen LogP contribution in [0.15, 0.2) is 54.1 Å². The minimum Gasteiger partial charge on any atom is -0.497 e. The van der Waals surface area contributed by atoms with E-state index in [2.05, 4.69) is 47.5 Å². The molecular weight excluding hydrogens is 404 g/mol. The largest absolute Gasteiger partial charge is 0.497 e. The van der Waals surface area contributed by atoms with Crippen LogP contribution < -0.4 is 14.8 Å². The molecule has 0 unspecified atom stereocenters. The maximum Gasteiger partial charge on any atom is 0.255 e. The van der Waals surface area contributed by atoms with E-state index >= 15 is 0 Å². The number of ether oxygens (including phenoxy) is 3. The smallest absolute Gasteiger partial charge is 0.255 e. The number of hydrogen-bond donors (Lipinski definition) is 1. The Hall–Kier alpha value is -2.83. The average Bonchev–Trinajstić information content (AvgIpc) is 2.81. The van der Waals surface area contributed by atoms with Crippen molar-refractivity contribution < 1.29 is 19.0 Å². The predicted octanol–water partition coefficient (Wildman–Crippen LogP) is 4.02. The van der Waals surface area contributed by atoms with Gasteiger partial charge in [-0.05, 0) is 37.5 Å². The van der Waals surface area contributed by atoms with Gasteiger partial charge in [-0.1, -0.05) is 42.0 Å². The predicted molar refractivity (Wildman–Crippen MR) is 127 cm³/mol. The number of piperidine rings is 1. The second-order valence-electron chi connectivity index (χ2n) is 8.11. The van der Waals surface area contributed by atoms with Crippen molar-refractivity contribution in [2.24, 2.45) is 0 Å². The zero-order valence-corrected chi connectivity index (χ0v) is 19.3. The summed E-state index contributed by atoms with van der Waals surface area (Å²) in [5, 5.41) is 2.86. The fourth-order valence-electron chi connectivity index (χ4n) is 3.87. The van der Waals surface area contributed by atoms with Gasteiger partial charge in [0.05, 0.1) is 19.3 Å². The number of rotatable bonds is 10. The van der Waals surface area contributed by atoms with Crippen molar-refractivity contribution in [3.05, 3.63) is 65.2 Å². The molecule has 32 heavy (non-hydrogen) atoms. The lowest BCUT2D eigenvalue weighted by molar-refractivity contribution is 0.0903. The van der Waals surface area contributed by atoms with Crippen LogP contribution >= 0.6 is 0 Å². The van der Waals surface area contributed by atoms with Gasteiger partial charge in [0, 0.05) is 39.4 Å². The lowest BCUT2D eigenvalue weighted by Crippen LogP contribution is -2.39. The molecule has 6 nitrogen and oxygen atoms in total. The summed E-state index contributed by atoms with van der Waals surface area (Å²) >= 11 is 0. The summed E-state index contributed by atoms with van der Waals surface area (Å²) < 4.78 is 16.6. The third kappa shape index (κ3) is 7.11. The minimum absolute atomic E-state index is 0.0716. The molecule has 6 heteroatoms. The third-order valence-corrected chi connectivity index (χ3v) is 5.54. The quantitative estimate of drug-likeness (QED) is 0.568. The Labute approximate surface area is 191 Å². The molecule has 0 radical (unpaired) electrons. The SMILES string of the molecule is COCCNC(=O)c1ccc(OC)cc1OC1CCN(CC(C)=Cc2ccccc2)CC1. The van der Waals surface area contributed by atoms with Gasteiger partial charge >= 0.3 is 0 Å². The first-order valence-electron chi connectivity index (χ1n) is 11.2. The van der Waals surface area contributed by atoms with Gasteiger partial charge in [0.25, 0.3) is 5.91 Å². The highest BCUT2D eigenvalue weighted by Gasteiger charge is 2.23. The molecule has 0 bridgehead atoms. The number of amides is 1. The molecule has 1 heterocycles. The van der Waals surface area contributed by atoms with Crippen LogP contribution in [0.3, 0.4) is 0 Å². The molecule has 0 aromatic heterocycles. The number of likely N-dealkylation sites (tertiary alicyclic amines) is 1. The highest BCUT2D eigenvalue weighted by molar-refractivity contribution is 5.97. The molecule has 2 aromatic carbocycles. The molecule has 2 aromatic rings. The molecule has 1 aliphatic rings. The van der Waals surface area contributed by atoms with Crippen molar-refractivity contribution in [1.82, 2.24) is 10.2 Å². The van der Waals surface area contributed by atoms with Gasteiger partial charge < -0.3 is 19.5 Å². The second kappa shape index (κ2) is 12.3. The zero-order chi connectivity index (χ0) is 22.8.